The second-order valence-corrected chi connectivity index (χ2v) is 6.28. The Morgan fingerprint density at radius 1 is 1.30 bits per heavy atom. The highest BCUT2D eigenvalue weighted by atomic mass is 32.1. The predicted octanol–water partition coefficient (Wildman–Crippen LogP) is 4.22. The van der Waals surface area contributed by atoms with Gasteiger partial charge in [-0.1, -0.05) is 5.16 Å². The van der Waals surface area contributed by atoms with Crippen molar-refractivity contribution in [2.75, 3.05) is 0 Å². The number of allylic oxidation sites excluding steroid dienone is 1. The van der Waals surface area contributed by atoms with Crippen molar-refractivity contribution in [2.45, 2.75) is 27.7 Å². The van der Waals surface area contributed by atoms with E-state index in [1.807, 2.05) is 55.9 Å². The van der Waals surface area contributed by atoms with Gasteiger partial charge in [-0.2, -0.15) is 5.26 Å². The van der Waals surface area contributed by atoms with Crippen LogP contribution in [-0.4, -0.2) is 14.7 Å². The summed E-state index contributed by atoms with van der Waals surface area (Å²) >= 11 is 1.48. The summed E-state index contributed by atoms with van der Waals surface area (Å²) in [5.41, 5.74) is 4.52. The molecule has 3 heterocycles. The minimum absolute atomic E-state index is 0.569. The zero-order chi connectivity index (χ0) is 16.6. The lowest BCUT2D eigenvalue weighted by Gasteiger charge is -2.04. The summed E-state index contributed by atoms with van der Waals surface area (Å²) in [5, 5.41) is 16.2. The first-order valence-corrected chi connectivity index (χ1v) is 8.04. The topological polar surface area (TPSA) is 67.6 Å². The summed E-state index contributed by atoms with van der Waals surface area (Å²) in [4.78, 5) is 4.39. The normalized spacial score (nSPS) is 11.7. The Kier molecular flexibility index (Phi) is 3.89. The highest BCUT2D eigenvalue weighted by molar-refractivity contribution is 7.11. The van der Waals surface area contributed by atoms with Crippen LogP contribution in [0.2, 0.25) is 0 Å². The summed E-state index contributed by atoms with van der Waals surface area (Å²) in [6, 6.07) is 6.18. The van der Waals surface area contributed by atoms with Gasteiger partial charge in [-0.05, 0) is 45.4 Å². The molecule has 0 N–H and O–H groups in total. The first-order valence-electron chi connectivity index (χ1n) is 7.16. The number of hydrogen-bond donors (Lipinski definition) is 0. The van der Waals surface area contributed by atoms with Gasteiger partial charge >= 0.3 is 0 Å². The molecule has 0 aromatic carbocycles. The fraction of sp³-hybridized carbons (Fsp3) is 0.235. The maximum Gasteiger partial charge on any atom is 0.180 e. The van der Waals surface area contributed by atoms with Crippen LogP contribution in [0.5, 0.6) is 0 Å². The van der Waals surface area contributed by atoms with Gasteiger partial charge in [0.15, 0.2) is 5.82 Å². The molecule has 0 amide bonds. The van der Waals surface area contributed by atoms with E-state index < -0.39 is 0 Å². The van der Waals surface area contributed by atoms with Crippen molar-refractivity contribution in [2.24, 2.45) is 0 Å². The van der Waals surface area contributed by atoms with Gasteiger partial charge in [0.05, 0.1) is 5.57 Å². The highest BCUT2D eigenvalue weighted by Crippen LogP contribution is 2.26. The fourth-order valence-corrected chi connectivity index (χ4v) is 3.28. The number of aryl methyl sites for hydroxylation is 3. The van der Waals surface area contributed by atoms with Crippen molar-refractivity contribution in [1.29, 1.82) is 5.26 Å². The standard InChI is InChI=1S/C17H16N4OS/c1-10-9-23-17(19-10)15(8-18)7-14-5-11(2)21(13(14)4)16-6-12(3)22-20-16/h5-7,9H,1-4H3. The molecule has 3 rings (SSSR count). The Bertz CT molecular complexity index is 936. The minimum Gasteiger partial charge on any atom is -0.360 e. The van der Waals surface area contributed by atoms with Crippen LogP contribution in [0.3, 0.4) is 0 Å². The molecule has 3 aromatic rings. The molecule has 0 saturated carbocycles. The third kappa shape index (κ3) is 2.83. The van der Waals surface area contributed by atoms with Crippen molar-refractivity contribution in [3.05, 3.63) is 50.9 Å². The van der Waals surface area contributed by atoms with Crippen molar-refractivity contribution < 1.29 is 4.52 Å². The van der Waals surface area contributed by atoms with Crippen molar-refractivity contribution >= 4 is 23.0 Å². The first kappa shape index (κ1) is 15.3. The molecule has 0 aliphatic rings. The molecule has 0 atom stereocenters. The van der Waals surface area contributed by atoms with Gasteiger partial charge in [0.2, 0.25) is 0 Å². The summed E-state index contributed by atoms with van der Waals surface area (Å²) in [5.74, 6) is 1.52. The predicted molar refractivity (Wildman–Crippen MR) is 90.4 cm³/mol. The van der Waals surface area contributed by atoms with E-state index in [1.165, 1.54) is 11.3 Å². The summed E-state index contributed by atoms with van der Waals surface area (Å²) in [6.45, 7) is 7.80. The van der Waals surface area contributed by atoms with E-state index in [0.717, 1.165) is 39.2 Å². The summed E-state index contributed by atoms with van der Waals surface area (Å²) < 4.78 is 7.18. The molecule has 0 unspecified atom stereocenters. The van der Waals surface area contributed by atoms with Gasteiger partial charge in [0, 0.05) is 28.5 Å². The largest absolute Gasteiger partial charge is 0.360 e. The lowest BCUT2D eigenvalue weighted by molar-refractivity contribution is 0.394. The number of nitrogens with zero attached hydrogens (tertiary/aromatic N) is 4. The van der Waals surface area contributed by atoms with Crippen LogP contribution >= 0.6 is 11.3 Å². The molecule has 0 fully saturated rings. The highest BCUT2D eigenvalue weighted by Gasteiger charge is 2.14. The second-order valence-electron chi connectivity index (χ2n) is 5.42. The molecule has 0 bridgehead atoms. The van der Waals surface area contributed by atoms with Gasteiger partial charge in [-0.3, -0.25) is 4.57 Å². The van der Waals surface area contributed by atoms with E-state index in [1.54, 1.807) is 0 Å². The van der Waals surface area contributed by atoms with Crippen LogP contribution in [0.4, 0.5) is 0 Å². The Labute approximate surface area is 138 Å². The Morgan fingerprint density at radius 3 is 2.65 bits per heavy atom. The lowest BCUT2D eigenvalue weighted by atomic mass is 10.1. The fourth-order valence-electron chi connectivity index (χ4n) is 2.52. The number of rotatable bonds is 3. The molecule has 0 aliphatic heterocycles. The third-order valence-corrected chi connectivity index (χ3v) is 4.58. The van der Waals surface area contributed by atoms with Gasteiger partial charge < -0.3 is 4.52 Å². The molecule has 3 aromatic heterocycles. The van der Waals surface area contributed by atoms with Gasteiger partial charge in [0.25, 0.3) is 0 Å². The molecule has 0 spiro atoms. The number of aromatic nitrogens is 3. The quantitative estimate of drug-likeness (QED) is 0.676. The van der Waals surface area contributed by atoms with E-state index in [2.05, 4.69) is 16.2 Å². The molecule has 5 nitrogen and oxygen atoms in total. The minimum atomic E-state index is 0.569. The third-order valence-electron chi connectivity index (χ3n) is 3.58. The van der Waals surface area contributed by atoms with Gasteiger partial charge in [-0.25, -0.2) is 4.98 Å². The first-order chi connectivity index (χ1) is 11.0. The monoisotopic (exact) mass is 324 g/mol. The lowest BCUT2D eigenvalue weighted by Crippen LogP contribution is -1.99. The van der Waals surface area contributed by atoms with Crippen LogP contribution in [0, 0.1) is 39.0 Å². The van der Waals surface area contributed by atoms with E-state index in [0.29, 0.717) is 5.57 Å². The van der Waals surface area contributed by atoms with Crippen molar-refractivity contribution in [3.63, 3.8) is 0 Å². The average Bonchev–Trinajstić information content (AvgIpc) is 3.18. The smallest absolute Gasteiger partial charge is 0.180 e. The second kappa shape index (κ2) is 5.86. The van der Waals surface area contributed by atoms with Crippen molar-refractivity contribution in [3.8, 4) is 11.9 Å². The number of thiazole rings is 1. The number of nitriles is 1. The Balaban J connectivity index is 2.08. The molecule has 0 aliphatic carbocycles. The summed E-state index contributed by atoms with van der Waals surface area (Å²) in [7, 11) is 0. The van der Waals surface area contributed by atoms with E-state index >= 15 is 0 Å². The molecular formula is C17H16N4OS. The van der Waals surface area contributed by atoms with E-state index in [-0.39, 0.29) is 0 Å². The van der Waals surface area contributed by atoms with Crippen LogP contribution in [0.25, 0.3) is 17.5 Å². The summed E-state index contributed by atoms with van der Waals surface area (Å²) in [6.07, 6.45) is 1.88. The molecule has 0 saturated heterocycles. The Hall–Kier alpha value is -2.65. The maximum absolute atomic E-state index is 9.45. The van der Waals surface area contributed by atoms with Gasteiger partial charge in [0.1, 0.15) is 16.8 Å². The van der Waals surface area contributed by atoms with Crippen LogP contribution < -0.4 is 0 Å². The molecular weight excluding hydrogens is 308 g/mol. The van der Waals surface area contributed by atoms with Crippen molar-refractivity contribution in [1.82, 2.24) is 14.7 Å². The Morgan fingerprint density at radius 2 is 2.09 bits per heavy atom. The van der Waals surface area contributed by atoms with Crippen LogP contribution in [0.1, 0.15) is 33.4 Å². The number of hydrogen-bond acceptors (Lipinski definition) is 5. The van der Waals surface area contributed by atoms with Crippen LogP contribution in [0.15, 0.2) is 22.0 Å². The molecule has 6 heteroatoms. The molecule has 116 valence electrons. The van der Waals surface area contributed by atoms with E-state index in [4.69, 9.17) is 4.52 Å². The molecule has 0 radical (unpaired) electrons. The SMILES string of the molecule is Cc1csc(C(C#N)=Cc2cc(C)n(-c3cc(C)on3)c2C)n1. The zero-order valence-electron chi connectivity index (χ0n) is 13.4. The van der Waals surface area contributed by atoms with Crippen LogP contribution in [-0.2, 0) is 0 Å². The van der Waals surface area contributed by atoms with Gasteiger partial charge in [-0.15, -0.1) is 11.3 Å². The van der Waals surface area contributed by atoms with E-state index in [9.17, 15) is 5.26 Å². The zero-order valence-corrected chi connectivity index (χ0v) is 14.2. The average molecular weight is 324 g/mol. The molecule has 23 heavy (non-hydrogen) atoms. The maximum atomic E-state index is 9.45.